The van der Waals surface area contributed by atoms with Crippen LogP contribution < -0.4 is 5.73 Å². The van der Waals surface area contributed by atoms with Gasteiger partial charge in [-0.15, -0.1) is 0 Å². The summed E-state index contributed by atoms with van der Waals surface area (Å²) in [6.45, 7) is 4.66. The van der Waals surface area contributed by atoms with Crippen molar-refractivity contribution in [3.05, 3.63) is 29.8 Å². The second kappa shape index (κ2) is 5.40. The highest BCUT2D eigenvalue weighted by atomic mass is 16.2. The van der Waals surface area contributed by atoms with Crippen LogP contribution in [0.15, 0.2) is 24.3 Å². The summed E-state index contributed by atoms with van der Waals surface area (Å²) in [5, 5.41) is 0. The van der Waals surface area contributed by atoms with E-state index in [4.69, 9.17) is 5.73 Å². The molecule has 1 atom stereocenters. The second-order valence-electron chi connectivity index (χ2n) is 4.88. The van der Waals surface area contributed by atoms with E-state index in [1.54, 1.807) is 12.1 Å². The number of nitrogens with zero attached hydrogens (tertiary/aromatic N) is 2. The molecule has 0 radical (unpaired) electrons. The molecule has 2 N–H and O–H groups in total. The molecule has 0 bridgehead atoms. The molecule has 1 saturated heterocycles. The smallest absolute Gasteiger partial charge is 0.256 e. The third-order valence-corrected chi connectivity index (χ3v) is 3.73. The summed E-state index contributed by atoms with van der Waals surface area (Å²) in [5.41, 5.74) is 7.05. The lowest BCUT2D eigenvalue weighted by molar-refractivity contribution is 0.0543. The maximum atomic E-state index is 12.4. The van der Waals surface area contributed by atoms with Crippen molar-refractivity contribution in [1.29, 1.82) is 0 Å². The number of nitrogens with two attached hydrogens (primary N) is 1. The molecule has 0 saturated carbocycles. The van der Waals surface area contributed by atoms with Gasteiger partial charge in [0, 0.05) is 31.4 Å². The SMILES string of the molecule is CCC1CN(C(=O)c2ccccc2N)CCN1C. The van der Waals surface area contributed by atoms with Gasteiger partial charge in [-0.05, 0) is 25.6 Å². The highest BCUT2D eigenvalue weighted by Crippen LogP contribution is 2.17. The fourth-order valence-electron chi connectivity index (χ4n) is 2.43. The Morgan fingerprint density at radius 1 is 1.39 bits per heavy atom. The Hall–Kier alpha value is -1.55. The standard InChI is InChI=1S/C14H21N3O/c1-3-11-10-17(9-8-16(11)2)14(18)12-6-4-5-7-13(12)15/h4-7,11H,3,8-10,15H2,1-2H3. The van der Waals surface area contributed by atoms with Crippen LogP contribution in [0.25, 0.3) is 0 Å². The Kier molecular flexibility index (Phi) is 3.87. The number of piperazine rings is 1. The van der Waals surface area contributed by atoms with Crippen LogP contribution in [0.1, 0.15) is 23.7 Å². The number of likely N-dealkylation sites (N-methyl/N-ethyl adjacent to an activating group) is 1. The zero-order valence-corrected chi connectivity index (χ0v) is 11.1. The molecule has 98 valence electrons. The topological polar surface area (TPSA) is 49.6 Å². The van der Waals surface area contributed by atoms with Crippen LogP contribution in [0.4, 0.5) is 5.69 Å². The Balaban J connectivity index is 2.13. The van der Waals surface area contributed by atoms with E-state index in [9.17, 15) is 4.79 Å². The maximum absolute atomic E-state index is 12.4. The predicted molar refractivity (Wildman–Crippen MR) is 73.5 cm³/mol. The minimum Gasteiger partial charge on any atom is -0.398 e. The van der Waals surface area contributed by atoms with Gasteiger partial charge in [-0.25, -0.2) is 0 Å². The number of para-hydroxylation sites is 1. The van der Waals surface area contributed by atoms with E-state index in [1.165, 1.54) is 0 Å². The summed E-state index contributed by atoms with van der Waals surface area (Å²) in [7, 11) is 2.12. The lowest BCUT2D eigenvalue weighted by Crippen LogP contribution is -2.53. The molecule has 4 nitrogen and oxygen atoms in total. The lowest BCUT2D eigenvalue weighted by atomic mass is 10.1. The van der Waals surface area contributed by atoms with Crippen LogP contribution in [-0.4, -0.2) is 48.4 Å². The molecule has 0 aromatic heterocycles. The minimum absolute atomic E-state index is 0.0552. The van der Waals surface area contributed by atoms with E-state index < -0.39 is 0 Å². The molecule has 0 spiro atoms. The minimum atomic E-state index is 0.0552. The molecule has 1 aliphatic rings. The number of hydrogen-bond acceptors (Lipinski definition) is 3. The fraction of sp³-hybridized carbons (Fsp3) is 0.500. The third kappa shape index (κ3) is 2.48. The van der Waals surface area contributed by atoms with Crippen molar-refractivity contribution in [3.63, 3.8) is 0 Å². The first-order valence-corrected chi connectivity index (χ1v) is 6.47. The van der Waals surface area contributed by atoms with Crippen molar-refractivity contribution < 1.29 is 4.79 Å². The highest BCUT2D eigenvalue weighted by Gasteiger charge is 2.27. The molecule has 1 fully saturated rings. The molecular weight excluding hydrogens is 226 g/mol. The molecule has 18 heavy (non-hydrogen) atoms. The summed E-state index contributed by atoms with van der Waals surface area (Å²) in [5.74, 6) is 0.0552. The van der Waals surface area contributed by atoms with Gasteiger partial charge in [0.2, 0.25) is 0 Å². The number of anilines is 1. The van der Waals surface area contributed by atoms with Crippen molar-refractivity contribution in [2.45, 2.75) is 19.4 Å². The van der Waals surface area contributed by atoms with Gasteiger partial charge >= 0.3 is 0 Å². The van der Waals surface area contributed by atoms with Crippen LogP contribution in [0.3, 0.4) is 0 Å². The van der Waals surface area contributed by atoms with Gasteiger partial charge < -0.3 is 10.6 Å². The highest BCUT2D eigenvalue weighted by molar-refractivity contribution is 5.99. The van der Waals surface area contributed by atoms with Gasteiger partial charge in [0.15, 0.2) is 0 Å². The molecule has 1 aromatic rings. The number of rotatable bonds is 2. The zero-order valence-electron chi connectivity index (χ0n) is 11.1. The van der Waals surface area contributed by atoms with E-state index >= 15 is 0 Å². The number of amides is 1. The largest absolute Gasteiger partial charge is 0.398 e. The molecule has 1 aliphatic heterocycles. The average Bonchev–Trinajstić information content (AvgIpc) is 2.39. The normalized spacial score (nSPS) is 21.0. The summed E-state index contributed by atoms with van der Waals surface area (Å²) >= 11 is 0. The average molecular weight is 247 g/mol. The van der Waals surface area contributed by atoms with Crippen LogP contribution >= 0.6 is 0 Å². The fourth-order valence-corrected chi connectivity index (χ4v) is 2.43. The van der Waals surface area contributed by atoms with Crippen LogP contribution in [-0.2, 0) is 0 Å². The van der Waals surface area contributed by atoms with E-state index in [0.29, 0.717) is 17.3 Å². The Bertz CT molecular complexity index is 433. The predicted octanol–water partition coefficient (Wildman–Crippen LogP) is 1.43. The summed E-state index contributed by atoms with van der Waals surface area (Å²) < 4.78 is 0. The van der Waals surface area contributed by atoms with Gasteiger partial charge in [-0.2, -0.15) is 0 Å². The van der Waals surface area contributed by atoms with Gasteiger partial charge in [0.25, 0.3) is 5.91 Å². The van der Waals surface area contributed by atoms with Crippen molar-refractivity contribution in [2.75, 3.05) is 32.4 Å². The van der Waals surface area contributed by atoms with Crippen molar-refractivity contribution in [1.82, 2.24) is 9.80 Å². The first-order chi connectivity index (χ1) is 8.63. The number of carbonyl (C=O) groups is 1. The first-order valence-electron chi connectivity index (χ1n) is 6.47. The summed E-state index contributed by atoms with van der Waals surface area (Å²) in [6, 6.07) is 7.74. The van der Waals surface area contributed by atoms with E-state index in [1.807, 2.05) is 17.0 Å². The molecule has 0 aliphatic carbocycles. The Labute approximate surface area is 108 Å². The van der Waals surface area contributed by atoms with Crippen LogP contribution in [0.2, 0.25) is 0 Å². The van der Waals surface area contributed by atoms with Gasteiger partial charge in [-0.3, -0.25) is 9.69 Å². The number of nitrogen functional groups attached to an aromatic ring is 1. The third-order valence-electron chi connectivity index (χ3n) is 3.73. The van der Waals surface area contributed by atoms with Gasteiger partial charge in [0.1, 0.15) is 0 Å². The molecular formula is C14H21N3O. The molecule has 1 unspecified atom stereocenters. The number of benzene rings is 1. The molecule has 1 aromatic carbocycles. The van der Waals surface area contributed by atoms with Gasteiger partial charge in [0.05, 0.1) is 5.56 Å². The monoisotopic (exact) mass is 247 g/mol. The number of carbonyl (C=O) groups excluding carboxylic acids is 1. The molecule has 1 amide bonds. The molecule has 1 heterocycles. The van der Waals surface area contributed by atoms with Gasteiger partial charge in [-0.1, -0.05) is 19.1 Å². The second-order valence-corrected chi connectivity index (χ2v) is 4.88. The summed E-state index contributed by atoms with van der Waals surface area (Å²) in [6.07, 6.45) is 1.06. The van der Waals surface area contributed by atoms with E-state index in [-0.39, 0.29) is 5.91 Å². The van der Waals surface area contributed by atoms with Crippen LogP contribution in [0.5, 0.6) is 0 Å². The van der Waals surface area contributed by atoms with E-state index in [2.05, 4.69) is 18.9 Å². The summed E-state index contributed by atoms with van der Waals surface area (Å²) in [4.78, 5) is 16.7. The van der Waals surface area contributed by atoms with Crippen molar-refractivity contribution >= 4 is 11.6 Å². The zero-order chi connectivity index (χ0) is 13.1. The maximum Gasteiger partial charge on any atom is 0.256 e. The van der Waals surface area contributed by atoms with Crippen LogP contribution in [0, 0.1) is 0 Å². The molecule has 2 rings (SSSR count). The van der Waals surface area contributed by atoms with Crippen molar-refractivity contribution in [3.8, 4) is 0 Å². The Morgan fingerprint density at radius 2 is 2.11 bits per heavy atom. The van der Waals surface area contributed by atoms with Crippen molar-refractivity contribution in [2.24, 2.45) is 0 Å². The number of hydrogen-bond donors (Lipinski definition) is 1. The quantitative estimate of drug-likeness (QED) is 0.804. The Morgan fingerprint density at radius 3 is 2.78 bits per heavy atom. The lowest BCUT2D eigenvalue weighted by Gasteiger charge is -2.39. The molecule has 4 heteroatoms. The van der Waals surface area contributed by atoms with E-state index in [0.717, 1.165) is 26.1 Å². The first kappa shape index (κ1) is 12.9.